The van der Waals surface area contributed by atoms with E-state index >= 15 is 0 Å². The number of rotatable bonds is 2. The maximum atomic E-state index is 10.3. The van der Waals surface area contributed by atoms with Crippen LogP contribution < -0.4 is 5.73 Å². The summed E-state index contributed by atoms with van der Waals surface area (Å²) in [6.45, 7) is 1.64. The Morgan fingerprint density at radius 2 is 2.20 bits per heavy atom. The Hall–Kier alpha value is -0.840. The van der Waals surface area contributed by atoms with Gasteiger partial charge in [0, 0.05) is 7.05 Å². The smallest absolute Gasteiger partial charge is 0.407 e. The third kappa shape index (κ3) is 2.18. The number of likely N-dealkylation sites (N-methyl/N-ethyl adjacent to an activating group) is 1. The molecule has 0 heterocycles. The number of carbonyl (C=O) groups is 1. The Labute approximate surface area is 64.6 Å². The second kappa shape index (κ2) is 3.36. The molecule has 0 aliphatic heterocycles. The third-order valence-corrected chi connectivity index (χ3v) is 1.64. The zero-order valence-electron chi connectivity index (χ0n) is 5.87. The van der Waals surface area contributed by atoms with Gasteiger partial charge in [0.05, 0.1) is 11.0 Å². The van der Waals surface area contributed by atoms with E-state index in [9.17, 15) is 4.79 Å². The lowest BCUT2D eigenvalue weighted by atomic mass is 10.3. The van der Waals surface area contributed by atoms with Crippen molar-refractivity contribution >= 4 is 23.3 Å². The van der Waals surface area contributed by atoms with E-state index in [0.717, 1.165) is 4.90 Å². The Kier molecular flexibility index (Phi) is 3.08. The van der Waals surface area contributed by atoms with Crippen LogP contribution in [0.2, 0.25) is 0 Å². The Bertz CT molecular complexity index is 142. The molecular weight excluding hydrogens is 152 g/mol. The van der Waals surface area contributed by atoms with Crippen LogP contribution in [0.15, 0.2) is 0 Å². The SMILES string of the molecule is CC(C(N)=S)N(C)C(=O)O. The van der Waals surface area contributed by atoms with Crippen molar-refractivity contribution in [3.05, 3.63) is 0 Å². The first-order valence-electron chi connectivity index (χ1n) is 2.72. The van der Waals surface area contributed by atoms with Crippen molar-refractivity contribution in [2.45, 2.75) is 13.0 Å². The fraction of sp³-hybridized carbons (Fsp3) is 0.600. The lowest BCUT2D eigenvalue weighted by Gasteiger charge is -2.19. The average molecular weight is 162 g/mol. The fourth-order valence-corrected chi connectivity index (χ4v) is 0.515. The molecule has 0 aromatic carbocycles. The van der Waals surface area contributed by atoms with Gasteiger partial charge in [-0.15, -0.1) is 0 Å². The van der Waals surface area contributed by atoms with Crippen molar-refractivity contribution < 1.29 is 9.90 Å². The maximum absolute atomic E-state index is 10.3. The van der Waals surface area contributed by atoms with Gasteiger partial charge in [-0.25, -0.2) is 4.79 Å². The van der Waals surface area contributed by atoms with Gasteiger partial charge in [-0.05, 0) is 6.92 Å². The van der Waals surface area contributed by atoms with Crippen LogP contribution in [0.5, 0.6) is 0 Å². The molecule has 0 saturated heterocycles. The monoisotopic (exact) mass is 162 g/mol. The lowest BCUT2D eigenvalue weighted by Crippen LogP contribution is -2.41. The predicted molar refractivity (Wildman–Crippen MR) is 42.0 cm³/mol. The lowest BCUT2D eigenvalue weighted by molar-refractivity contribution is 0.152. The molecule has 0 aromatic rings. The number of thiocarbonyl (C=S) groups is 1. The molecule has 0 rings (SSSR count). The van der Waals surface area contributed by atoms with E-state index in [1.54, 1.807) is 6.92 Å². The average Bonchev–Trinajstić information content (AvgIpc) is 1.84. The summed E-state index contributed by atoms with van der Waals surface area (Å²) in [6.07, 6.45) is -1.03. The topological polar surface area (TPSA) is 66.6 Å². The summed E-state index contributed by atoms with van der Waals surface area (Å²) in [6, 6.07) is -0.396. The van der Waals surface area contributed by atoms with Crippen molar-refractivity contribution in [3.8, 4) is 0 Å². The molecule has 0 fully saturated rings. The Morgan fingerprint density at radius 1 is 1.80 bits per heavy atom. The number of carboxylic acid groups (broad SMARTS) is 1. The van der Waals surface area contributed by atoms with Crippen molar-refractivity contribution in [3.63, 3.8) is 0 Å². The zero-order valence-corrected chi connectivity index (χ0v) is 6.68. The van der Waals surface area contributed by atoms with Crippen LogP contribution in [0.1, 0.15) is 6.92 Å². The molecule has 1 amide bonds. The van der Waals surface area contributed by atoms with Crippen LogP contribution in [0, 0.1) is 0 Å². The molecule has 58 valence electrons. The highest BCUT2D eigenvalue weighted by molar-refractivity contribution is 7.80. The maximum Gasteiger partial charge on any atom is 0.407 e. The van der Waals surface area contributed by atoms with Crippen LogP contribution in [0.25, 0.3) is 0 Å². The van der Waals surface area contributed by atoms with Gasteiger partial charge in [0.1, 0.15) is 0 Å². The van der Waals surface area contributed by atoms with Crippen LogP contribution in [-0.2, 0) is 0 Å². The van der Waals surface area contributed by atoms with E-state index in [0.29, 0.717) is 0 Å². The molecule has 10 heavy (non-hydrogen) atoms. The van der Waals surface area contributed by atoms with Gasteiger partial charge in [-0.1, -0.05) is 12.2 Å². The predicted octanol–water partition coefficient (Wildman–Crippen LogP) is 0.271. The van der Waals surface area contributed by atoms with Gasteiger partial charge in [0.25, 0.3) is 0 Å². The minimum Gasteiger partial charge on any atom is -0.465 e. The molecule has 0 aliphatic rings. The largest absolute Gasteiger partial charge is 0.465 e. The molecule has 4 nitrogen and oxygen atoms in total. The summed E-state index contributed by atoms with van der Waals surface area (Å²) in [5, 5.41) is 8.41. The first-order valence-corrected chi connectivity index (χ1v) is 3.12. The molecule has 3 N–H and O–H groups in total. The molecule has 0 radical (unpaired) electrons. The van der Waals surface area contributed by atoms with Crippen molar-refractivity contribution in [1.82, 2.24) is 4.90 Å². The summed E-state index contributed by atoms with van der Waals surface area (Å²) in [5.41, 5.74) is 5.20. The van der Waals surface area contributed by atoms with Crippen LogP contribution in [0.4, 0.5) is 4.79 Å². The fourth-order valence-electron chi connectivity index (χ4n) is 0.357. The van der Waals surface area contributed by atoms with Gasteiger partial charge in [-0.2, -0.15) is 0 Å². The summed E-state index contributed by atoms with van der Waals surface area (Å²) in [7, 11) is 1.42. The summed E-state index contributed by atoms with van der Waals surface area (Å²) in [5.74, 6) is 0. The minimum absolute atomic E-state index is 0.185. The molecule has 1 atom stereocenters. The number of hydrogen-bond acceptors (Lipinski definition) is 2. The number of nitrogens with two attached hydrogens (primary N) is 1. The van der Waals surface area contributed by atoms with E-state index in [1.807, 2.05) is 0 Å². The number of amides is 1. The number of hydrogen-bond donors (Lipinski definition) is 2. The van der Waals surface area contributed by atoms with Gasteiger partial charge in [-0.3, -0.25) is 0 Å². The second-order valence-electron chi connectivity index (χ2n) is 1.97. The molecular formula is C5H10N2O2S. The second-order valence-corrected chi connectivity index (χ2v) is 2.44. The van der Waals surface area contributed by atoms with Gasteiger partial charge in [0.2, 0.25) is 0 Å². The zero-order chi connectivity index (χ0) is 8.31. The van der Waals surface area contributed by atoms with Crippen molar-refractivity contribution in [2.24, 2.45) is 5.73 Å². The van der Waals surface area contributed by atoms with E-state index in [1.165, 1.54) is 7.05 Å². The van der Waals surface area contributed by atoms with Gasteiger partial charge in [0.15, 0.2) is 0 Å². The Morgan fingerprint density at radius 3 is 2.30 bits per heavy atom. The van der Waals surface area contributed by atoms with E-state index in [2.05, 4.69) is 12.2 Å². The van der Waals surface area contributed by atoms with Crippen LogP contribution >= 0.6 is 12.2 Å². The highest BCUT2D eigenvalue weighted by Gasteiger charge is 2.15. The summed E-state index contributed by atoms with van der Waals surface area (Å²) >= 11 is 4.59. The molecule has 0 aromatic heterocycles. The molecule has 5 heteroatoms. The van der Waals surface area contributed by atoms with E-state index in [4.69, 9.17) is 10.8 Å². The van der Waals surface area contributed by atoms with Crippen LogP contribution in [-0.4, -0.2) is 34.2 Å². The quantitative estimate of drug-likeness (QED) is 0.572. The van der Waals surface area contributed by atoms with E-state index < -0.39 is 12.1 Å². The van der Waals surface area contributed by atoms with Gasteiger partial charge >= 0.3 is 6.09 Å². The van der Waals surface area contributed by atoms with Gasteiger partial charge < -0.3 is 15.7 Å². The molecule has 1 unspecified atom stereocenters. The van der Waals surface area contributed by atoms with Crippen molar-refractivity contribution in [2.75, 3.05) is 7.05 Å². The molecule has 0 bridgehead atoms. The minimum atomic E-state index is -1.03. The number of nitrogens with zero attached hydrogens (tertiary/aromatic N) is 1. The highest BCUT2D eigenvalue weighted by Crippen LogP contribution is 1.94. The first-order chi connectivity index (χ1) is 4.46. The summed E-state index contributed by atoms with van der Waals surface area (Å²) < 4.78 is 0. The Balaban J connectivity index is 4.07. The normalized spacial score (nSPS) is 12.2. The highest BCUT2D eigenvalue weighted by atomic mass is 32.1. The van der Waals surface area contributed by atoms with Crippen LogP contribution in [0.3, 0.4) is 0 Å². The molecule has 0 saturated carbocycles. The molecule has 0 aliphatic carbocycles. The third-order valence-electron chi connectivity index (χ3n) is 1.29. The first kappa shape index (κ1) is 9.16. The summed E-state index contributed by atoms with van der Waals surface area (Å²) in [4.78, 5) is 11.5. The molecule has 0 spiro atoms. The standard InChI is InChI=1S/C5H10N2O2S/c1-3(4(6)10)7(2)5(8)9/h3H,1-2H3,(H2,6,10)(H,8,9). The van der Waals surface area contributed by atoms with E-state index in [-0.39, 0.29) is 4.99 Å². The van der Waals surface area contributed by atoms with Crippen molar-refractivity contribution in [1.29, 1.82) is 0 Å².